The van der Waals surface area contributed by atoms with Crippen LogP contribution >= 0.6 is 0 Å². The van der Waals surface area contributed by atoms with E-state index in [-0.39, 0.29) is 0 Å². The zero-order chi connectivity index (χ0) is 24.8. The fourth-order valence-corrected chi connectivity index (χ4v) is 3.52. The minimum absolute atomic E-state index is 0.418. The number of aromatic nitrogens is 1. The van der Waals surface area contributed by atoms with Crippen LogP contribution in [-0.2, 0) is 4.74 Å². The molecule has 0 aliphatic carbocycles. The lowest BCUT2D eigenvalue weighted by atomic mass is 10.1. The van der Waals surface area contributed by atoms with Crippen molar-refractivity contribution in [2.45, 2.75) is 13.0 Å². The largest absolute Gasteiger partial charge is 0.497 e. The molecule has 1 aromatic heterocycles. The second-order valence-corrected chi connectivity index (χ2v) is 7.61. The van der Waals surface area contributed by atoms with E-state index in [1.807, 2.05) is 37.3 Å². The van der Waals surface area contributed by atoms with Gasteiger partial charge in [0, 0.05) is 23.3 Å². The van der Waals surface area contributed by atoms with Crippen molar-refractivity contribution in [3.8, 4) is 28.7 Å². The highest BCUT2D eigenvalue weighted by molar-refractivity contribution is 5.88. The van der Waals surface area contributed by atoms with Gasteiger partial charge in [-0.05, 0) is 61.0 Å². The number of hydrogen-bond acceptors (Lipinski definition) is 7. The number of fused-ring (bicyclic) bond motifs is 1. The summed E-state index contributed by atoms with van der Waals surface area (Å²) >= 11 is 0. The molecule has 0 bridgehead atoms. The van der Waals surface area contributed by atoms with Crippen LogP contribution in [0.1, 0.15) is 18.6 Å². The Balaban J connectivity index is 1.41. The first-order chi connectivity index (χ1) is 17.0. The van der Waals surface area contributed by atoms with Crippen LogP contribution in [-0.4, -0.2) is 32.4 Å². The van der Waals surface area contributed by atoms with Gasteiger partial charge in [-0.25, -0.2) is 4.79 Å². The van der Waals surface area contributed by atoms with Crippen LogP contribution in [0.2, 0.25) is 0 Å². The van der Waals surface area contributed by atoms with E-state index in [9.17, 15) is 4.79 Å². The second kappa shape index (κ2) is 10.6. The minimum Gasteiger partial charge on any atom is -0.497 e. The number of pyridine rings is 1. The number of hydrogen-bond donors (Lipinski definition) is 1. The zero-order valence-corrected chi connectivity index (χ0v) is 19.9. The quantitative estimate of drug-likeness (QED) is 0.318. The lowest BCUT2D eigenvalue weighted by molar-refractivity contribution is 0.121. The van der Waals surface area contributed by atoms with Gasteiger partial charge in [0.05, 0.1) is 26.8 Å². The molecule has 8 nitrogen and oxygen atoms in total. The van der Waals surface area contributed by atoms with Gasteiger partial charge >= 0.3 is 6.09 Å². The van der Waals surface area contributed by atoms with Gasteiger partial charge in [-0.2, -0.15) is 0 Å². The number of nitrogens with one attached hydrogen (secondary N) is 1. The van der Waals surface area contributed by atoms with Crippen LogP contribution in [0.15, 0.2) is 72.9 Å². The number of methoxy groups -OCH3 is 3. The molecule has 0 saturated carbocycles. The Morgan fingerprint density at radius 3 is 2.11 bits per heavy atom. The Hall–Kier alpha value is -4.46. The molecule has 0 saturated heterocycles. The van der Waals surface area contributed by atoms with Crippen LogP contribution in [0.4, 0.5) is 10.5 Å². The van der Waals surface area contributed by atoms with E-state index >= 15 is 0 Å². The molecule has 1 amide bonds. The number of ether oxygens (including phenoxy) is 5. The molecule has 1 unspecified atom stereocenters. The second-order valence-electron chi connectivity index (χ2n) is 7.61. The van der Waals surface area contributed by atoms with Crippen LogP contribution in [0.5, 0.6) is 28.7 Å². The van der Waals surface area contributed by atoms with Gasteiger partial charge in [0.1, 0.15) is 23.4 Å². The summed E-state index contributed by atoms with van der Waals surface area (Å²) in [4.78, 5) is 16.7. The number of anilines is 1. The molecule has 0 radical (unpaired) electrons. The summed E-state index contributed by atoms with van der Waals surface area (Å²) in [7, 11) is 4.76. The third kappa shape index (κ3) is 5.55. The average Bonchev–Trinajstić information content (AvgIpc) is 2.89. The summed E-state index contributed by atoms with van der Waals surface area (Å²) in [6, 6.07) is 19.8. The van der Waals surface area contributed by atoms with Crippen molar-refractivity contribution in [1.29, 1.82) is 0 Å². The van der Waals surface area contributed by atoms with Crippen LogP contribution < -0.4 is 24.3 Å². The van der Waals surface area contributed by atoms with E-state index in [0.29, 0.717) is 34.2 Å². The van der Waals surface area contributed by atoms with Gasteiger partial charge in [0.25, 0.3) is 0 Å². The molecule has 1 atom stereocenters. The molecule has 35 heavy (non-hydrogen) atoms. The molecule has 4 rings (SSSR count). The van der Waals surface area contributed by atoms with Crippen LogP contribution in [0, 0.1) is 0 Å². The van der Waals surface area contributed by atoms with Crippen molar-refractivity contribution in [3.05, 3.63) is 78.5 Å². The lowest BCUT2D eigenvalue weighted by Gasteiger charge is -2.15. The maximum Gasteiger partial charge on any atom is 0.412 e. The summed E-state index contributed by atoms with van der Waals surface area (Å²) < 4.78 is 27.5. The van der Waals surface area contributed by atoms with E-state index in [0.717, 1.165) is 16.7 Å². The highest BCUT2D eigenvalue weighted by atomic mass is 16.6. The first-order valence-electron chi connectivity index (χ1n) is 10.9. The summed E-state index contributed by atoms with van der Waals surface area (Å²) in [5, 5.41) is 3.51. The average molecular weight is 475 g/mol. The Bertz CT molecular complexity index is 1310. The van der Waals surface area contributed by atoms with Crippen molar-refractivity contribution in [3.63, 3.8) is 0 Å². The van der Waals surface area contributed by atoms with Gasteiger partial charge in [-0.1, -0.05) is 12.1 Å². The number of carbonyl (C=O) groups is 1. The predicted octanol–water partition coefficient (Wildman–Crippen LogP) is 6.36. The SMILES string of the molecule is COc1ccc(C(C)OC(=O)Nc2ccc(Oc3ccnc4cc(OC)c(OC)cc34)cc2)cc1. The molecular formula is C27H26N2O6. The summed E-state index contributed by atoms with van der Waals surface area (Å²) in [5.74, 6) is 3.13. The van der Waals surface area contributed by atoms with Gasteiger partial charge in [-0.15, -0.1) is 0 Å². The Labute approximate surface area is 203 Å². The number of benzene rings is 3. The molecule has 0 fully saturated rings. The molecule has 180 valence electrons. The van der Waals surface area contributed by atoms with E-state index in [2.05, 4.69) is 10.3 Å². The predicted molar refractivity (Wildman–Crippen MR) is 133 cm³/mol. The highest BCUT2D eigenvalue weighted by Crippen LogP contribution is 2.37. The van der Waals surface area contributed by atoms with E-state index in [4.69, 9.17) is 23.7 Å². The molecule has 8 heteroatoms. The number of amides is 1. The number of carbonyl (C=O) groups excluding carboxylic acids is 1. The van der Waals surface area contributed by atoms with Crippen molar-refractivity contribution in [2.24, 2.45) is 0 Å². The van der Waals surface area contributed by atoms with Gasteiger partial charge in [-0.3, -0.25) is 10.3 Å². The first kappa shape index (κ1) is 23.7. The summed E-state index contributed by atoms with van der Waals surface area (Å²) in [6.45, 7) is 1.81. The Morgan fingerprint density at radius 1 is 0.800 bits per heavy atom. The van der Waals surface area contributed by atoms with Crippen molar-refractivity contribution in [2.75, 3.05) is 26.6 Å². The van der Waals surface area contributed by atoms with Crippen LogP contribution in [0.3, 0.4) is 0 Å². The van der Waals surface area contributed by atoms with Crippen molar-refractivity contribution < 1.29 is 28.5 Å². The normalized spacial score (nSPS) is 11.4. The third-order valence-corrected chi connectivity index (χ3v) is 5.40. The van der Waals surface area contributed by atoms with Gasteiger partial charge < -0.3 is 23.7 Å². The maximum atomic E-state index is 12.3. The smallest absolute Gasteiger partial charge is 0.412 e. The Morgan fingerprint density at radius 2 is 1.46 bits per heavy atom. The fraction of sp³-hybridized carbons (Fsp3) is 0.185. The summed E-state index contributed by atoms with van der Waals surface area (Å²) in [5.41, 5.74) is 2.16. The lowest BCUT2D eigenvalue weighted by Crippen LogP contribution is -2.16. The maximum absolute atomic E-state index is 12.3. The number of rotatable bonds is 8. The molecule has 3 aromatic carbocycles. The third-order valence-electron chi connectivity index (χ3n) is 5.40. The standard InChI is InChI=1S/C27H26N2O6/c1-17(18-5-9-20(31-2)10-6-18)34-27(30)29-19-7-11-21(12-8-19)35-24-13-14-28-23-16-26(33-4)25(32-3)15-22(23)24/h5-17H,1-4H3,(H,29,30). The molecule has 0 aliphatic rings. The molecule has 1 N–H and O–H groups in total. The van der Waals surface area contributed by atoms with Crippen LogP contribution in [0.25, 0.3) is 10.9 Å². The topological polar surface area (TPSA) is 88.1 Å². The molecule has 4 aromatic rings. The molecular weight excluding hydrogens is 448 g/mol. The first-order valence-corrected chi connectivity index (χ1v) is 10.9. The fourth-order valence-electron chi connectivity index (χ4n) is 3.52. The van der Waals surface area contributed by atoms with E-state index in [1.54, 1.807) is 63.9 Å². The van der Waals surface area contributed by atoms with E-state index < -0.39 is 12.2 Å². The monoisotopic (exact) mass is 474 g/mol. The van der Waals surface area contributed by atoms with Crippen molar-refractivity contribution in [1.82, 2.24) is 4.98 Å². The highest BCUT2D eigenvalue weighted by Gasteiger charge is 2.13. The van der Waals surface area contributed by atoms with Gasteiger partial charge in [0.15, 0.2) is 11.5 Å². The van der Waals surface area contributed by atoms with Gasteiger partial charge in [0.2, 0.25) is 0 Å². The number of nitrogens with zero attached hydrogens (tertiary/aromatic N) is 1. The zero-order valence-electron chi connectivity index (χ0n) is 19.9. The Kier molecular flexibility index (Phi) is 7.21. The minimum atomic E-state index is -0.553. The van der Waals surface area contributed by atoms with Crippen molar-refractivity contribution >= 4 is 22.7 Å². The van der Waals surface area contributed by atoms with E-state index in [1.165, 1.54) is 0 Å². The molecule has 0 spiro atoms. The summed E-state index contributed by atoms with van der Waals surface area (Å²) in [6.07, 6.45) is 0.696. The molecule has 0 aliphatic heterocycles. The molecule has 1 heterocycles.